The van der Waals surface area contributed by atoms with E-state index in [9.17, 15) is 0 Å². The topological polar surface area (TPSA) is 52.0 Å². The molecule has 0 aromatic carbocycles. The highest BCUT2D eigenvalue weighted by Gasteiger charge is 2.12. The molecule has 5 heteroatoms. The minimum absolute atomic E-state index is 0.328. The van der Waals surface area contributed by atoms with Gasteiger partial charge in [0.05, 0.1) is 12.6 Å². The van der Waals surface area contributed by atoms with Gasteiger partial charge in [0.15, 0.2) is 5.82 Å². The lowest BCUT2D eigenvalue weighted by Gasteiger charge is -2.14. The van der Waals surface area contributed by atoms with E-state index in [1.165, 1.54) is 0 Å². The van der Waals surface area contributed by atoms with Gasteiger partial charge >= 0.3 is 0 Å². The third kappa shape index (κ3) is 4.09. The van der Waals surface area contributed by atoms with Crippen molar-refractivity contribution in [3.05, 3.63) is 11.6 Å². The number of ether oxygens (including phenoxy) is 1. The number of aryl methyl sites for hydroxylation is 2. The third-order valence-electron chi connectivity index (χ3n) is 2.72. The average molecular weight is 240 g/mol. The Balaban J connectivity index is 2.54. The van der Waals surface area contributed by atoms with Gasteiger partial charge in [-0.05, 0) is 6.92 Å². The number of nitrogens with one attached hydrogen (secondary N) is 1. The van der Waals surface area contributed by atoms with Crippen LogP contribution in [-0.4, -0.2) is 41.6 Å². The second-order valence-corrected chi connectivity index (χ2v) is 4.14. The number of methoxy groups -OCH3 is 1. The molecule has 1 rings (SSSR count). The van der Waals surface area contributed by atoms with Crippen LogP contribution in [0.1, 0.15) is 38.5 Å². The predicted molar refractivity (Wildman–Crippen MR) is 68.2 cm³/mol. The second-order valence-electron chi connectivity index (χ2n) is 4.14. The van der Waals surface area contributed by atoms with E-state index in [0.717, 1.165) is 44.2 Å². The molecule has 0 saturated carbocycles. The highest BCUT2D eigenvalue weighted by atomic mass is 16.5. The molecule has 1 aromatic heterocycles. The Morgan fingerprint density at radius 1 is 1.35 bits per heavy atom. The minimum atomic E-state index is 0.328. The summed E-state index contributed by atoms with van der Waals surface area (Å²) in [6.07, 6.45) is 1.82. The summed E-state index contributed by atoms with van der Waals surface area (Å²) in [5.74, 6) is 2.01. The lowest BCUT2D eigenvalue weighted by atomic mass is 10.3. The Morgan fingerprint density at radius 2 is 2.12 bits per heavy atom. The summed E-state index contributed by atoms with van der Waals surface area (Å²) in [6, 6.07) is 0.328. The monoisotopic (exact) mass is 240 g/mol. The quantitative estimate of drug-likeness (QED) is 0.694. The first-order valence-electron chi connectivity index (χ1n) is 6.36. The van der Waals surface area contributed by atoms with Gasteiger partial charge < -0.3 is 10.1 Å². The molecule has 0 aliphatic carbocycles. The predicted octanol–water partition coefficient (Wildman–Crippen LogP) is 1.20. The Kier molecular flexibility index (Phi) is 6.15. The summed E-state index contributed by atoms with van der Waals surface area (Å²) in [7, 11) is 1.71. The van der Waals surface area contributed by atoms with Crippen molar-refractivity contribution in [1.29, 1.82) is 0 Å². The molecule has 0 amide bonds. The molecule has 1 aromatic rings. The van der Waals surface area contributed by atoms with E-state index in [1.807, 2.05) is 4.68 Å². The molecular weight excluding hydrogens is 216 g/mol. The fourth-order valence-electron chi connectivity index (χ4n) is 1.72. The lowest BCUT2D eigenvalue weighted by molar-refractivity contribution is 0.198. The molecule has 0 saturated heterocycles. The van der Waals surface area contributed by atoms with E-state index in [1.54, 1.807) is 7.11 Å². The molecule has 0 aliphatic heterocycles. The molecule has 98 valence electrons. The highest BCUT2D eigenvalue weighted by Crippen LogP contribution is 2.08. The van der Waals surface area contributed by atoms with Gasteiger partial charge in [0.25, 0.3) is 0 Å². The highest BCUT2D eigenvalue weighted by molar-refractivity contribution is 4.94. The van der Waals surface area contributed by atoms with Crippen molar-refractivity contribution in [2.75, 3.05) is 26.8 Å². The van der Waals surface area contributed by atoms with Gasteiger partial charge in [-0.1, -0.05) is 13.8 Å². The van der Waals surface area contributed by atoms with Gasteiger partial charge in [-0.15, -0.1) is 0 Å². The van der Waals surface area contributed by atoms with Crippen LogP contribution < -0.4 is 5.32 Å². The Bertz CT molecular complexity index is 324. The van der Waals surface area contributed by atoms with Gasteiger partial charge in [-0.3, -0.25) is 0 Å². The normalized spacial score (nSPS) is 12.9. The van der Waals surface area contributed by atoms with Crippen LogP contribution in [0, 0.1) is 0 Å². The second kappa shape index (κ2) is 7.40. The minimum Gasteiger partial charge on any atom is -0.383 e. The van der Waals surface area contributed by atoms with Gasteiger partial charge in [-0.2, -0.15) is 5.10 Å². The number of nitrogens with zero attached hydrogens (tertiary/aromatic N) is 3. The maximum absolute atomic E-state index is 5.00. The number of hydrogen-bond donors (Lipinski definition) is 1. The zero-order chi connectivity index (χ0) is 12.7. The maximum atomic E-state index is 5.00. The zero-order valence-electron chi connectivity index (χ0n) is 11.4. The van der Waals surface area contributed by atoms with Gasteiger partial charge in [-0.25, -0.2) is 9.67 Å². The Labute approximate surface area is 104 Å². The summed E-state index contributed by atoms with van der Waals surface area (Å²) in [4.78, 5) is 4.51. The molecule has 0 radical (unpaired) electrons. The van der Waals surface area contributed by atoms with Crippen molar-refractivity contribution in [2.45, 2.75) is 39.7 Å². The van der Waals surface area contributed by atoms with Crippen LogP contribution in [0.5, 0.6) is 0 Å². The van der Waals surface area contributed by atoms with Crippen LogP contribution in [-0.2, 0) is 17.6 Å². The SMILES string of the molecule is CCc1nc(CC)n(C(C)CNCCOC)n1. The molecule has 17 heavy (non-hydrogen) atoms. The molecule has 1 N–H and O–H groups in total. The van der Waals surface area contributed by atoms with Crippen LogP contribution in [0.15, 0.2) is 0 Å². The van der Waals surface area contributed by atoms with Crippen molar-refractivity contribution < 1.29 is 4.74 Å². The smallest absolute Gasteiger partial charge is 0.150 e. The molecule has 1 heterocycles. The third-order valence-corrected chi connectivity index (χ3v) is 2.72. The van der Waals surface area contributed by atoms with Crippen molar-refractivity contribution in [2.24, 2.45) is 0 Å². The molecule has 5 nitrogen and oxygen atoms in total. The van der Waals surface area contributed by atoms with Crippen LogP contribution in [0.2, 0.25) is 0 Å². The molecule has 0 fully saturated rings. The first kappa shape index (κ1) is 14.1. The maximum Gasteiger partial charge on any atom is 0.150 e. The number of hydrogen-bond acceptors (Lipinski definition) is 4. The molecular formula is C12H24N4O. The number of aromatic nitrogens is 3. The lowest BCUT2D eigenvalue weighted by Crippen LogP contribution is -2.27. The largest absolute Gasteiger partial charge is 0.383 e. The van der Waals surface area contributed by atoms with Gasteiger partial charge in [0.1, 0.15) is 5.82 Å². The fourth-order valence-corrected chi connectivity index (χ4v) is 1.72. The van der Waals surface area contributed by atoms with Crippen LogP contribution in [0.3, 0.4) is 0 Å². The molecule has 0 spiro atoms. The summed E-state index contributed by atoms with van der Waals surface area (Å²) in [5.41, 5.74) is 0. The van der Waals surface area contributed by atoms with E-state index in [-0.39, 0.29) is 0 Å². The first-order valence-corrected chi connectivity index (χ1v) is 6.36. The van der Waals surface area contributed by atoms with E-state index in [2.05, 4.69) is 36.2 Å². The fraction of sp³-hybridized carbons (Fsp3) is 0.833. The summed E-state index contributed by atoms with van der Waals surface area (Å²) in [6.45, 7) is 8.87. The average Bonchev–Trinajstić information content (AvgIpc) is 2.77. The van der Waals surface area contributed by atoms with Crippen LogP contribution >= 0.6 is 0 Å². The molecule has 1 atom stereocenters. The van der Waals surface area contributed by atoms with E-state index >= 15 is 0 Å². The van der Waals surface area contributed by atoms with Crippen molar-refractivity contribution in [3.8, 4) is 0 Å². The summed E-state index contributed by atoms with van der Waals surface area (Å²) < 4.78 is 7.04. The molecule has 1 unspecified atom stereocenters. The van der Waals surface area contributed by atoms with Crippen LogP contribution in [0.4, 0.5) is 0 Å². The van der Waals surface area contributed by atoms with Crippen molar-refractivity contribution in [3.63, 3.8) is 0 Å². The molecule has 0 bridgehead atoms. The molecule has 0 aliphatic rings. The first-order chi connectivity index (χ1) is 8.22. The Hall–Kier alpha value is -0.940. The number of rotatable bonds is 8. The zero-order valence-corrected chi connectivity index (χ0v) is 11.4. The van der Waals surface area contributed by atoms with E-state index < -0.39 is 0 Å². The van der Waals surface area contributed by atoms with Gasteiger partial charge in [0.2, 0.25) is 0 Å². The summed E-state index contributed by atoms with van der Waals surface area (Å²) in [5, 5.41) is 7.88. The van der Waals surface area contributed by atoms with E-state index in [0.29, 0.717) is 6.04 Å². The van der Waals surface area contributed by atoms with Crippen molar-refractivity contribution in [1.82, 2.24) is 20.1 Å². The standard InChI is InChI=1S/C12H24N4O/c1-5-11-14-12(6-2)16(15-11)10(3)9-13-7-8-17-4/h10,13H,5-9H2,1-4H3. The summed E-state index contributed by atoms with van der Waals surface area (Å²) >= 11 is 0. The van der Waals surface area contributed by atoms with E-state index in [4.69, 9.17) is 4.74 Å². The van der Waals surface area contributed by atoms with Gasteiger partial charge in [0, 0.05) is 33.0 Å². The van der Waals surface area contributed by atoms with Crippen LogP contribution in [0.25, 0.3) is 0 Å². The Morgan fingerprint density at radius 3 is 2.71 bits per heavy atom. The van der Waals surface area contributed by atoms with Crippen molar-refractivity contribution >= 4 is 0 Å².